The van der Waals surface area contributed by atoms with E-state index in [0.717, 1.165) is 11.1 Å². The first-order valence-electron chi connectivity index (χ1n) is 4.50. The van der Waals surface area contributed by atoms with Crippen LogP contribution in [-0.4, -0.2) is 16.9 Å². The van der Waals surface area contributed by atoms with Crippen molar-refractivity contribution in [2.75, 3.05) is 0 Å². The molecule has 0 unspecified atom stereocenters. The predicted molar refractivity (Wildman–Crippen MR) is 50.8 cm³/mol. The van der Waals surface area contributed by atoms with Crippen LogP contribution in [0.3, 0.4) is 0 Å². The van der Waals surface area contributed by atoms with Crippen molar-refractivity contribution in [1.29, 1.82) is 0 Å². The van der Waals surface area contributed by atoms with Crippen molar-refractivity contribution in [3.63, 3.8) is 0 Å². The molecule has 0 bridgehead atoms. The maximum Gasteiger partial charge on any atom is 0.335 e. The lowest BCUT2D eigenvalue weighted by Crippen LogP contribution is -2.03. The summed E-state index contributed by atoms with van der Waals surface area (Å²) in [6, 6.07) is 3.14. The van der Waals surface area contributed by atoms with E-state index in [4.69, 9.17) is 5.11 Å². The van der Waals surface area contributed by atoms with Gasteiger partial charge in [-0.25, -0.2) is 4.79 Å². The van der Waals surface area contributed by atoms with E-state index >= 15 is 0 Å². The molecule has 1 aromatic carbocycles. The number of carboxylic acid groups (broad SMARTS) is 1. The highest BCUT2D eigenvalue weighted by Crippen LogP contribution is 2.27. The van der Waals surface area contributed by atoms with E-state index in [2.05, 4.69) is 0 Å². The second kappa shape index (κ2) is 2.94. The van der Waals surface area contributed by atoms with Crippen molar-refractivity contribution < 1.29 is 14.7 Å². The molecule has 14 heavy (non-hydrogen) atoms. The van der Waals surface area contributed by atoms with Gasteiger partial charge in [0.15, 0.2) is 5.78 Å². The zero-order valence-corrected chi connectivity index (χ0v) is 7.83. The number of aromatic carboxylic acids is 1. The summed E-state index contributed by atoms with van der Waals surface area (Å²) in [6.07, 6.45) is 1.19. The topological polar surface area (TPSA) is 54.4 Å². The Balaban J connectivity index is 2.64. The van der Waals surface area contributed by atoms with E-state index in [1.807, 2.05) is 0 Å². The van der Waals surface area contributed by atoms with E-state index in [-0.39, 0.29) is 5.78 Å². The fourth-order valence-electron chi connectivity index (χ4n) is 1.95. The lowest BCUT2D eigenvalue weighted by Gasteiger charge is -2.05. The highest BCUT2D eigenvalue weighted by molar-refractivity contribution is 6.02. The Morgan fingerprint density at radius 2 is 2.07 bits per heavy atom. The normalized spacial score (nSPS) is 14.2. The van der Waals surface area contributed by atoms with Gasteiger partial charge in [-0.1, -0.05) is 6.07 Å². The molecule has 3 heteroatoms. The highest BCUT2D eigenvalue weighted by Gasteiger charge is 2.23. The van der Waals surface area contributed by atoms with Crippen LogP contribution in [-0.2, 0) is 6.42 Å². The van der Waals surface area contributed by atoms with Crippen molar-refractivity contribution in [2.24, 2.45) is 0 Å². The van der Waals surface area contributed by atoms with E-state index in [9.17, 15) is 9.59 Å². The van der Waals surface area contributed by atoms with Gasteiger partial charge in [0.2, 0.25) is 0 Å². The zero-order valence-electron chi connectivity index (χ0n) is 7.83. The summed E-state index contributed by atoms with van der Waals surface area (Å²) >= 11 is 0. The Morgan fingerprint density at radius 1 is 1.36 bits per heavy atom. The van der Waals surface area contributed by atoms with Gasteiger partial charge < -0.3 is 5.11 Å². The minimum absolute atomic E-state index is 0.125. The van der Waals surface area contributed by atoms with Crippen LogP contribution in [0.2, 0.25) is 0 Å². The van der Waals surface area contributed by atoms with Gasteiger partial charge in [0.25, 0.3) is 0 Å². The average molecular weight is 190 g/mol. The number of benzene rings is 1. The molecule has 72 valence electrons. The summed E-state index contributed by atoms with van der Waals surface area (Å²) in [5, 5.41) is 8.88. The van der Waals surface area contributed by atoms with Gasteiger partial charge in [-0.15, -0.1) is 0 Å². The third kappa shape index (κ3) is 1.13. The molecule has 0 saturated heterocycles. The molecular formula is C11H10O3. The molecule has 3 nitrogen and oxygen atoms in total. The van der Waals surface area contributed by atoms with Crippen molar-refractivity contribution >= 4 is 11.8 Å². The van der Waals surface area contributed by atoms with Gasteiger partial charge in [0, 0.05) is 12.0 Å². The Morgan fingerprint density at radius 3 is 2.71 bits per heavy atom. The quantitative estimate of drug-likeness (QED) is 0.734. The van der Waals surface area contributed by atoms with Crippen molar-refractivity contribution in [3.05, 3.63) is 34.4 Å². The molecule has 0 heterocycles. The van der Waals surface area contributed by atoms with Gasteiger partial charge in [-0.2, -0.15) is 0 Å². The highest BCUT2D eigenvalue weighted by atomic mass is 16.4. The third-order valence-corrected chi connectivity index (χ3v) is 2.73. The predicted octanol–water partition coefficient (Wildman–Crippen LogP) is 1.82. The monoisotopic (exact) mass is 190 g/mol. The van der Waals surface area contributed by atoms with Gasteiger partial charge in [0.05, 0.1) is 5.56 Å². The number of ketones is 1. The van der Waals surface area contributed by atoms with Crippen molar-refractivity contribution in [2.45, 2.75) is 19.8 Å². The number of rotatable bonds is 1. The smallest absolute Gasteiger partial charge is 0.335 e. The summed E-state index contributed by atoms with van der Waals surface area (Å²) in [4.78, 5) is 22.2. The molecule has 1 aliphatic carbocycles. The minimum Gasteiger partial charge on any atom is -0.478 e. The average Bonchev–Trinajstić information content (AvgIpc) is 2.49. The second-order valence-corrected chi connectivity index (χ2v) is 3.49. The van der Waals surface area contributed by atoms with Crippen LogP contribution < -0.4 is 0 Å². The summed E-state index contributed by atoms with van der Waals surface area (Å²) < 4.78 is 0. The lowest BCUT2D eigenvalue weighted by atomic mass is 9.99. The van der Waals surface area contributed by atoms with Crippen molar-refractivity contribution in [1.82, 2.24) is 0 Å². The van der Waals surface area contributed by atoms with Gasteiger partial charge >= 0.3 is 5.97 Å². The molecule has 0 saturated carbocycles. The van der Waals surface area contributed by atoms with E-state index in [0.29, 0.717) is 24.0 Å². The summed E-state index contributed by atoms with van der Waals surface area (Å²) in [7, 11) is 0. The van der Waals surface area contributed by atoms with Crippen LogP contribution in [0.1, 0.15) is 38.3 Å². The number of fused-ring (bicyclic) bond motifs is 1. The van der Waals surface area contributed by atoms with E-state index in [1.54, 1.807) is 13.0 Å². The van der Waals surface area contributed by atoms with E-state index in [1.165, 1.54) is 6.07 Å². The molecule has 0 aromatic heterocycles. The van der Waals surface area contributed by atoms with Gasteiger partial charge in [-0.05, 0) is 30.5 Å². The molecule has 1 N–H and O–H groups in total. The van der Waals surface area contributed by atoms with Gasteiger partial charge in [-0.3, -0.25) is 4.79 Å². The van der Waals surface area contributed by atoms with Crippen molar-refractivity contribution in [3.8, 4) is 0 Å². The van der Waals surface area contributed by atoms with E-state index < -0.39 is 5.97 Å². The molecule has 0 amide bonds. The molecule has 0 aliphatic heterocycles. The molecule has 0 radical (unpaired) electrons. The molecule has 2 rings (SSSR count). The number of hydrogen-bond donors (Lipinski definition) is 1. The molecule has 1 aliphatic rings. The van der Waals surface area contributed by atoms with Crippen LogP contribution in [0.4, 0.5) is 0 Å². The number of carboxylic acids is 1. The molecule has 0 fully saturated rings. The number of hydrogen-bond acceptors (Lipinski definition) is 2. The molecular weight excluding hydrogens is 180 g/mol. The summed E-state index contributed by atoms with van der Waals surface area (Å²) in [5.74, 6) is -0.801. The SMILES string of the molecule is Cc1c(C(=O)O)ccc2c1CCC2=O. The Hall–Kier alpha value is -1.64. The number of carbonyl (C=O) groups is 2. The Bertz CT molecular complexity index is 432. The van der Waals surface area contributed by atoms with Gasteiger partial charge in [0.1, 0.15) is 0 Å². The van der Waals surface area contributed by atoms with Crippen LogP contribution in [0.25, 0.3) is 0 Å². The summed E-state index contributed by atoms with van der Waals surface area (Å²) in [5.41, 5.74) is 2.65. The first kappa shape index (κ1) is 8.94. The minimum atomic E-state index is -0.926. The number of carbonyl (C=O) groups excluding carboxylic acids is 1. The standard InChI is InChI=1S/C11H10O3/c1-6-7-4-5-10(12)9(7)3-2-8(6)11(13)14/h2-3H,4-5H2,1H3,(H,13,14). The Labute approximate surface area is 81.4 Å². The maximum absolute atomic E-state index is 11.4. The van der Waals surface area contributed by atoms with Crippen LogP contribution in [0, 0.1) is 6.92 Å². The Kier molecular flexibility index (Phi) is 1.88. The maximum atomic E-state index is 11.4. The first-order valence-corrected chi connectivity index (χ1v) is 4.50. The lowest BCUT2D eigenvalue weighted by molar-refractivity contribution is 0.0695. The fraction of sp³-hybridized carbons (Fsp3) is 0.273. The van der Waals surface area contributed by atoms with Crippen LogP contribution >= 0.6 is 0 Å². The zero-order chi connectivity index (χ0) is 10.3. The van der Waals surface area contributed by atoms with Crippen LogP contribution in [0.15, 0.2) is 12.1 Å². The molecule has 0 atom stereocenters. The molecule has 1 aromatic rings. The third-order valence-electron chi connectivity index (χ3n) is 2.73. The molecule has 0 spiro atoms. The van der Waals surface area contributed by atoms with Crippen LogP contribution in [0.5, 0.6) is 0 Å². The number of Topliss-reactive ketones (excluding diaryl/α,β-unsaturated/α-hetero) is 1. The largest absolute Gasteiger partial charge is 0.478 e. The second-order valence-electron chi connectivity index (χ2n) is 3.49. The fourth-order valence-corrected chi connectivity index (χ4v) is 1.95. The summed E-state index contributed by atoms with van der Waals surface area (Å²) in [6.45, 7) is 1.76. The first-order chi connectivity index (χ1) is 6.61.